The molecule has 0 aliphatic carbocycles. The molecule has 0 aromatic heterocycles. The highest BCUT2D eigenvalue weighted by Gasteiger charge is 2.26. The molecule has 0 saturated heterocycles. The van der Waals surface area contributed by atoms with E-state index in [-0.39, 0.29) is 17.3 Å². The van der Waals surface area contributed by atoms with Gasteiger partial charge < -0.3 is 14.6 Å². The largest absolute Gasteiger partial charge is 0.504 e. The van der Waals surface area contributed by atoms with Crippen molar-refractivity contribution in [1.29, 1.82) is 0 Å². The number of carbonyl (C=O) groups is 1. The summed E-state index contributed by atoms with van der Waals surface area (Å²) in [6, 6.07) is 12.0. The van der Waals surface area contributed by atoms with E-state index in [2.05, 4.69) is 0 Å². The number of fused-ring (bicyclic) bond motifs is 1. The summed E-state index contributed by atoms with van der Waals surface area (Å²) < 4.78 is 10.5. The van der Waals surface area contributed by atoms with E-state index in [1.807, 2.05) is 6.07 Å². The Morgan fingerprint density at radius 3 is 2.70 bits per heavy atom. The maximum absolute atomic E-state index is 12.1. The molecule has 0 saturated carbocycles. The number of hydrogen-bond acceptors (Lipinski definition) is 4. The lowest BCUT2D eigenvalue weighted by atomic mass is 10.1. The number of benzene rings is 2. The second-order valence-corrected chi connectivity index (χ2v) is 4.37. The second kappa shape index (κ2) is 4.74. The molecule has 1 heterocycles. The fraction of sp³-hybridized carbons (Fsp3) is 0.0625. The van der Waals surface area contributed by atoms with Crippen LogP contribution in [-0.4, -0.2) is 18.0 Å². The third kappa shape index (κ3) is 2.01. The number of hydrogen-bond donors (Lipinski definition) is 1. The van der Waals surface area contributed by atoms with Gasteiger partial charge in [0, 0.05) is 0 Å². The van der Waals surface area contributed by atoms with E-state index >= 15 is 0 Å². The number of ketones is 1. The van der Waals surface area contributed by atoms with Crippen molar-refractivity contribution in [3.8, 4) is 17.2 Å². The first kappa shape index (κ1) is 12.3. The van der Waals surface area contributed by atoms with Crippen LogP contribution >= 0.6 is 0 Å². The highest BCUT2D eigenvalue weighted by Crippen LogP contribution is 2.32. The van der Waals surface area contributed by atoms with Crippen LogP contribution in [0, 0.1) is 0 Å². The normalized spacial score (nSPS) is 15.1. The summed E-state index contributed by atoms with van der Waals surface area (Å²) in [5.74, 6) is 1.05. The highest BCUT2D eigenvalue weighted by molar-refractivity contribution is 6.14. The quantitative estimate of drug-likeness (QED) is 0.851. The Morgan fingerprint density at radius 2 is 2.00 bits per heavy atom. The average molecular weight is 268 g/mol. The molecule has 0 unspecified atom stereocenters. The third-order valence-corrected chi connectivity index (χ3v) is 3.08. The van der Waals surface area contributed by atoms with Gasteiger partial charge in [0.2, 0.25) is 5.78 Å². The van der Waals surface area contributed by atoms with Crippen LogP contribution in [-0.2, 0) is 0 Å². The smallest absolute Gasteiger partial charge is 0.231 e. The lowest BCUT2D eigenvalue weighted by molar-refractivity contribution is 0.101. The molecule has 2 aromatic carbocycles. The van der Waals surface area contributed by atoms with E-state index in [1.54, 1.807) is 36.4 Å². The number of para-hydroxylation sites is 1. The van der Waals surface area contributed by atoms with E-state index in [0.29, 0.717) is 22.6 Å². The minimum absolute atomic E-state index is 0.0183. The van der Waals surface area contributed by atoms with Gasteiger partial charge in [-0.15, -0.1) is 0 Å². The monoisotopic (exact) mass is 268 g/mol. The molecule has 0 atom stereocenters. The Bertz CT molecular complexity index is 716. The van der Waals surface area contributed by atoms with Gasteiger partial charge in [-0.2, -0.15) is 0 Å². The highest BCUT2D eigenvalue weighted by atomic mass is 16.5. The van der Waals surface area contributed by atoms with Gasteiger partial charge >= 0.3 is 0 Å². The first-order valence-electron chi connectivity index (χ1n) is 6.09. The van der Waals surface area contributed by atoms with Crippen LogP contribution in [0.1, 0.15) is 15.9 Å². The molecule has 0 bridgehead atoms. The molecule has 0 amide bonds. The topological polar surface area (TPSA) is 55.8 Å². The van der Waals surface area contributed by atoms with E-state index in [1.165, 1.54) is 13.2 Å². The van der Waals surface area contributed by atoms with Crippen LogP contribution in [0.15, 0.2) is 48.2 Å². The Hall–Kier alpha value is -2.75. The van der Waals surface area contributed by atoms with Crippen molar-refractivity contribution in [2.75, 3.05) is 7.11 Å². The molecule has 3 rings (SSSR count). The van der Waals surface area contributed by atoms with Gasteiger partial charge in [0.05, 0.1) is 12.7 Å². The number of aromatic hydroxyl groups is 1. The van der Waals surface area contributed by atoms with E-state index in [0.717, 1.165) is 0 Å². The summed E-state index contributed by atoms with van der Waals surface area (Å²) in [5, 5.41) is 9.72. The summed E-state index contributed by atoms with van der Waals surface area (Å²) in [4.78, 5) is 12.1. The molecule has 4 heteroatoms. The number of allylic oxidation sites excluding steroid dienone is 1. The fourth-order valence-corrected chi connectivity index (χ4v) is 2.08. The maximum Gasteiger partial charge on any atom is 0.231 e. The van der Waals surface area contributed by atoms with Gasteiger partial charge in [-0.3, -0.25) is 4.79 Å². The van der Waals surface area contributed by atoms with Crippen LogP contribution < -0.4 is 9.47 Å². The van der Waals surface area contributed by atoms with Crippen molar-refractivity contribution >= 4 is 11.9 Å². The lowest BCUT2D eigenvalue weighted by Crippen LogP contribution is -1.98. The zero-order valence-corrected chi connectivity index (χ0v) is 10.8. The maximum atomic E-state index is 12.1. The Balaban J connectivity index is 1.95. The molecule has 20 heavy (non-hydrogen) atoms. The molecule has 0 spiro atoms. The average Bonchev–Trinajstić information content (AvgIpc) is 2.76. The van der Waals surface area contributed by atoms with Crippen LogP contribution in [0.25, 0.3) is 6.08 Å². The standard InChI is InChI=1S/C16H12O4/c1-19-14-7-6-10(8-12(14)17)9-15-16(18)11-4-2-3-5-13(11)20-15/h2-9,17H,1H3. The molecule has 1 aliphatic heterocycles. The predicted molar refractivity (Wildman–Crippen MR) is 74.0 cm³/mol. The van der Waals surface area contributed by atoms with Gasteiger partial charge in [-0.25, -0.2) is 0 Å². The van der Waals surface area contributed by atoms with Crippen LogP contribution in [0.3, 0.4) is 0 Å². The summed E-state index contributed by atoms with van der Waals surface area (Å²) in [5.41, 5.74) is 1.22. The number of Topliss-reactive ketones (excluding diaryl/α,β-unsaturated/α-hetero) is 1. The van der Waals surface area contributed by atoms with E-state index < -0.39 is 0 Å². The van der Waals surface area contributed by atoms with Crippen LogP contribution in [0.2, 0.25) is 0 Å². The van der Waals surface area contributed by atoms with Gasteiger partial charge in [0.25, 0.3) is 0 Å². The van der Waals surface area contributed by atoms with Gasteiger partial charge in [-0.1, -0.05) is 18.2 Å². The van der Waals surface area contributed by atoms with Crippen molar-refractivity contribution in [2.45, 2.75) is 0 Å². The minimum atomic E-state index is -0.157. The van der Waals surface area contributed by atoms with Crippen molar-refractivity contribution in [3.05, 3.63) is 59.4 Å². The molecule has 2 aromatic rings. The summed E-state index contributed by atoms with van der Waals surface area (Å²) in [7, 11) is 1.48. The zero-order valence-electron chi connectivity index (χ0n) is 10.8. The lowest BCUT2D eigenvalue weighted by Gasteiger charge is -2.04. The van der Waals surface area contributed by atoms with Crippen molar-refractivity contribution < 1.29 is 19.4 Å². The number of methoxy groups -OCH3 is 1. The molecule has 4 nitrogen and oxygen atoms in total. The van der Waals surface area contributed by atoms with Crippen molar-refractivity contribution in [2.24, 2.45) is 0 Å². The molecular formula is C16H12O4. The minimum Gasteiger partial charge on any atom is -0.504 e. The van der Waals surface area contributed by atoms with Gasteiger partial charge in [0.15, 0.2) is 17.3 Å². The number of phenolic OH excluding ortho intramolecular Hbond substituents is 1. The number of carbonyl (C=O) groups excluding carboxylic acids is 1. The molecule has 1 aliphatic rings. The number of ether oxygens (including phenoxy) is 2. The van der Waals surface area contributed by atoms with Crippen molar-refractivity contribution in [1.82, 2.24) is 0 Å². The van der Waals surface area contributed by atoms with Crippen LogP contribution in [0.5, 0.6) is 17.2 Å². The Morgan fingerprint density at radius 1 is 1.20 bits per heavy atom. The number of rotatable bonds is 2. The Kier molecular flexibility index (Phi) is 2.91. The Labute approximate surface area is 115 Å². The van der Waals surface area contributed by atoms with E-state index in [4.69, 9.17) is 9.47 Å². The number of phenols is 1. The summed E-state index contributed by atoms with van der Waals surface area (Å²) >= 11 is 0. The SMILES string of the molecule is COc1ccc(C=C2Oc3ccccc3C2=O)cc1O. The third-order valence-electron chi connectivity index (χ3n) is 3.08. The van der Waals surface area contributed by atoms with E-state index in [9.17, 15) is 9.90 Å². The zero-order chi connectivity index (χ0) is 14.1. The van der Waals surface area contributed by atoms with Crippen LogP contribution in [0.4, 0.5) is 0 Å². The summed E-state index contributed by atoms with van der Waals surface area (Å²) in [6.45, 7) is 0. The molecule has 1 N–H and O–H groups in total. The first-order valence-corrected chi connectivity index (χ1v) is 6.09. The second-order valence-electron chi connectivity index (χ2n) is 4.37. The van der Waals surface area contributed by atoms with Crippen molar-refractivity contribution in [3.63, 3.8) is 0 Å². The molecule has 0 fully saturated rings. The first-order chi connectivity index (χ1) is 9.69. The summed E-state index contributed by atoms with van der Waals surface area (Å²) in [6.07, 6.45) is 1.60. The van der Waals surface area contributed by atoms with Gasteiger partial charge in [-0.05, 0) is 35.9 Å². The molecule has 0 radical (unpaired) electrons. The van der Waals surface area contributed by atoms with Gasteiger partial charge in [0.1, 0.15) is 5.75 Å². The molecular weight excluding hydrogens is 256 g/mol. The fourth-order valence-electron chi connectivity index (χ4n) is 2.08. The predicted octanol–water partition coefficient (Wildman–Crippen LogP) is 3.02. The molecule has 100 valence electrons.